The first kappa shape index (κ1) is 22.8. The van der Waals surface area contributed by atoms with Gasteiger partial charge in [-0.05, 0) is 37.4 Å². The number of hydrogen-bond acceptors (Lipinski definition) is 5. The van der Waals surface area contributed by atoms with Crippen molar-refractivity contribution in [3.05, 3.63) is 35.4 Å². The molecule has 2 N–H and O–H groups in total. The van der Waals surface area contributed by atoms with E-state index in [1.807, 2.05) is 6.92 Å². The molecule has 1 aliphatic rings. The third-order valence-electron chi connectivity index (χ3n) is 4.73. The molecule has 1 unspecified atom stereocenters. The van der Waals surface area contributed by atoms with Gasteiger partial charge in [-0.3, -0.25) is 4.79 Å². The van der Waals surface area contributed by atoms with E-state index in [0.29, 0.717) is 24.9 Å². The van der Waals surface area contributed by atoms with Crippen LogP contribution in [0.3, 0.4) is 0 Å². The number of carbonyl (C=O) groups is 1. The molecule has 1 fully saturated rings. The fraction of sp³-hybridized carbons (Fsp3) is 0.611. The maximum atomic E-state index is 12.6. The Hall–Kier alpha value is -1.49. The van der Waals surface area contributed by atoms with Crippen LogP contribution in [0.1, 0.15) is 43.7 Å². The number of piperidine rings is 1. The minimum absolute atomic E-state index is 0.0494. The van der Waals surface area contributed by atoms with Crippen LogP contribution >= 0.6 is 0 Å². The molecule has 8 nitrogen and oxygen atoms in total. The van der Waals surface area contributed by atoms with Gasteiger partial charge in [0.25, 0.3) is 0 Å². The Morgan fingerprint density at radius 3 is 2.36 bits per heavy atom. The van der Waals surface area contributed by atoms with Crippen LogP contribution in [0.25, 0.3) is 0 Å². The zero-order valence-corrected chi connectivity index (χ0v) is 18.0. The van der Waals surface area contributed by atoms with Gasteiger partial charge in [0.2, 0.25) is 26.0 Å². The van der Waals surface area contributed by atoms with E-state index in [9.17, 15) is 21.6 Å². The van der Waals surface area contributed by atoms with E-state index in [2.05, 4.69) is 10.0 Å². The third-order valence-corrected chi connectivity index (χ3v) is 8.14. The maximum Gasteiger partial charge on any atom is 0.238 e. The van der Waals surface area contributed by atoms with E-state index in [0.717, 1.165) is 18.4 Å². The van der Waals surface area contributed by atoms with Gasteiger partial charge in [-0.1, -0.05) is 37.6 Å². The Morgan fingerprint density at radius 2 is 1.75 bits per heavy atom. The molecule has 0 aromatic heterocycles. The summed E-state index contributed by atoms with van der Waals surface area (Å²) in [7, 11) is -5.39. The molecule has 0 aliphatic carbocycles. The Morgan fingerprint density at radius 1 is 1.11 bits per heavy atom. The fourth-order valence-corrected chi connectivity index (χ4v) is 5.75. The molecule has 1 aromatic rings. The zero-order chi connectivity index (χ0) is 20.8. The van der Waals surface area contributed by atoms with Crippen molar-refractivity contribution in [2.24, 2.45) is 0 Å². The summed E-state index contributed by atoms with van der Waals surface area (Å²) in [6.45, 7) is 2.45. The normalized spacial score (nSPS) is 18.7. The van der Waals surface area contributed by atoms with Crippen LogP contribution < -0.4 is 10.0 Å². The number of nitrogens with one attached hydrogen (secondary N) is 2. The number of carbonyl (C=O) groups excluding carboxylic acids is 1. The van der Waals surface area contributed by atoms with Gasteiger partial charge >= 0.3 is 0 Å². The molecule has 2 rings (SSSR count). The highest BCUT2D eigenvalue weighted by atomic mass is 32.2. The number of sulfonamides is 2. The molecule has 1 amide bonds. The standard InChI is InChI=1S/C18H29N3O5S2/c1-3-12-28(25,26)21-11-5-4-6-17(21)18(22)20-13-15-7-9-16(10-8-15)14-27(23,24)19-2/h7-10,17,19H,3-6,11-14H2,1-2H3,(H,20,22). The second-order valence-corrected chi connectivity index (χ2v) is 10.9. The average Bonchev–Trinajstić information content (AvgIpc) is 2.67. The number of benzene rings is 1. The van der Waals surface area contributed by atoms with Crippen molar-refractivity contribution in [2.75, 3.05) is 19.3 Å². The molecule has 28 heavy (non-hydrogen) atoms. The summed E-state index contributed by atoms with van der Waals surface area (Å²) in [6.07, 6.45) is 2.63. The molecular weight excluding hydrogens is 402 g/mol. The number of rotatable bonds is 9. The Bertz CT molecular complexity index is 867. The second-order valence-electron chi connectivity index (χ2n) is 6.94. The van der Waals surface area contributed by atoms with Gasteiger partial charge in [0.15, 0.2) is 0 Å². The van der Waals surface area contributed by atoms with Crippen molar-refractivity contribution in [2.45, 2.75) is 50.9 Å². The molecule has 1 aromatic carbocycles. The first-order valence-electron chi connectivity index (χ1n) is 9.45. The van der Waals surface area contributed by atoms with E-state index in [1.165, 1.54) is 11.4 Å². The molecule has 1 heterocycles. The smallest absolute Gasteiger partial charge is 0.238 e. The summed E-state index contributed by atoms with van der Waals surface area (Å²) in [5.41, 5.74) is 1.46. The van der Waals surface area contributed by atoms with E-state index >= 15 is 0 Å². The van der Waals surface area contributed by atoms with Gasteiger partial charge in [0.1, 0.15) is 6.04 Å². The molecule has 0 spiro atoms. The lowest BCUT2D eigenvalue weighted by atomic mass is 10.0. The third kappa shape index (κ3) is 6.26. The van der Waals surface area contributed by atoms with Crippen molar-refractivity contribution >= 4 is 26.0 Å². The van der Waals surface area contributed by atoms with Crippen molar-refractivity contribution in [3.63, 3.8) is 0 Å². The molecule has 0 bridgehead atoms. The molecular formula is C18H29N3O5S2. The predicted octanol–water partition coefficient (Wildman–Crippen LogP) is 0.946. The molecule has 158 valence electrons. The monoisotopic (exact) mass is 431 g/mol. The Labute approximate surface area is 167 Å². The van der Waals surface area contributed by atoms with Crippen LogP contribution in [0.5, 0.6) is 0 Å². The molecule has 1 saturated heterocycles. The summed E-state index contributed by atoms with van der Waals surface area (Å²) in [6, 6.07) is 6.26. The minimum Gasteiger partial charge on any atom is -0.351 e. The summed E-state index contributed by atoms with van der Waals surface area (Å²) in [5.74, 6) is -0.350. The van der Waals surface area contributed by atoms with Crippen LogP contribution in [0, 0.1) is 0 Å². The highest BCUT2D eigenvalue weighted by Gasteiger charge is 2.35. The molecule has 1 aliphatic heterocycles. The number of nitrogens with zero attached hydrogens (tertiary/aromatic N) is 1. The average molecular weight is 432 g/mol. The number of hydrogen-bond donors (Lipinski definition) is 2. The molecule has 0 saturated carbocycles. The second kappa shape index (κ2) is 9.82. The van der Waals surface area contributed by atoms with Gasteiger partial charge < -0.3 is 5.32 Å². The zero-order valence-electron chi connectivity index (χ0n) is 16.3. The summed E-state index contributed by atoms with van der Waals surface area (Å²) in [4.78, 5) is 12.6. The van der Waals surface area contributed by atoms with Gasteiger partial charge in [0, 0.05) is 13.1 Å². The lowest BCUT2D eigenvalue weighted by Crippen LogP contribution is -2.52. The first-order valence-corrected chi connectivity index (χ1v) is 12.7. The summed E-state index contributed by atoms with van der Waals surface area (Å²) in [5, 5.41) is 2.82. The fourth-order valence-electron chi connectivity index (χ4n) is 3.23. The van der Waals surface area contributed by atoms with Gasteiger partial charge in [-0.2, -0.15) is 4.31 Å². The van der Waals surface area contributed by atoms with Crippen molar-refractivity contribution in [3.8, 4) is 0 Å². The van der Waals surface area contributed by atoms with Crippen LogP contribution in [-0.4, -0.2) is 52.4 Å². The summed E-state index contributed by atoms with van der Waals surface area (Å²) >= 11 is 0. The van der Waals surface area contributed by atoms with Gasteiger partial charge in [-0.15, -0.1) is 0 Å². The van der Waals surface area contributed by atoms with Crippen molar-refractivity contribution in [1.82, 2.24) is 14.3 Å². The van der Waals surface area contributed by atoms with E-state index in [4.69, 9.17) is 0 Å². The topological polar surface area (TPSA) is 113 Å². The van der Waals surface area contributed by atoms with E-state index in [-0.39, 0.29) is 24.0 Å². The maximum absolute atomic E-state index is 12.6. The quantitative estimate of drug-likeness (QED) is 0.604. The molecule has 0 radical (unpaired) electrons. The lowest BCUT2D eigenvalue weighted by molar-refractivity contribution is -0.125. The van der Waals surface area contributed by atoms with Crippen molar-refractivity contribution in [1.29, 1.82) is 0 Å². The highest BCUT2D eigenvalue weighted by molar-refractivity contribution is 7.89. The van der Waals surface area contributed by atoms with Crippen molar-refractivity contribution < 1.29 is 21.6 Å². The first-order chi connectivity index (χ1) is 13.2. The SMILES string of the molecule is CCCS(=O)(=O)N1CCCCC1C(=O)NCc1ccc(CS(=O)(=O)NC)cc1. The minimum atomic E-state index is -3.43. The van der Waals surface area contributed by atoms with Crippen LogP contribution in [0.4, 0.5) is 0 Å². The number of amides is 1. The Kier molecular flexibility index (Phi) is 7.99. The van der Waals surface area contributed by atoms with Crippen LogP contribution in [0.2, 0.25) is 0 Å². The van der Waals surface area contributed by atoms with Crippen LogP contribution in [-0.2, 0) is 37.1 Å². The summed E-state index contributed by atoms with van der Waals surface area (Å²) < 4.78 is 51.7. The van der Waals surface area contributed by atoms with Gasteiger partial charge in [-0.25, -0.2) is 21.6 Å². The highest BCUT2D eigenvalue weighted by Crippen LogP contribution is 2.21. The lowest BCUT2D eigenvalue weighted by Gasteiger charge is -2.33. The largest absolute Gasteiger partial charge is 0.351 e. The van der Waals surface area contributed by atoms with E-state index in [1.54, 1.807) is 24.3 Å². The van der Waals surface area contributed by atoms with Crippen LogP contribution in [0.15, 0.2) is 24.3 Å². The molecule has 1 atom stereocenters. The van der Waals surface area contributed by atoms with Gasteiger partial charge in [0.05, 0.1) is 11.5 Å². The predicted molar refractivity (Wildman–Crippen MR) is 108 cm³/mol. The Balaban J connectivity index is 1.98. The van der Waals surface area contributed by atoms with E-state index < -0.39 is 26.1 Å². The molecule has 10 heteroatoms.